The Balaban J connectivity index is 3.57. The monoisotopic (exact) mass is 230 g/mol. The molecule has 0 fully saturated rings. The Morgan fingerprint density at radius 3 is 2.75 bits per heavy atom. The molecule has 4 N–H and O–H groups in total. The van der Waals surface area contributed by atoms with Crippen LogP contribution in [0, 0.1) is 0 Å². The fourth-order valence-corrected chi connectivity index (χ4v) is 1.01. The molecule has 0 aromatic rings. The van der Waals surface area contributed by atoms with Gasteiger partial charge in [0, 0.05) is 26.1 Å². The lowest BCUT2D eigenvalue weighted by Crippen LogP contribution is -2.37. The van der Waals surface area contributed by atoms with E-state index in [1.807, 2.05) is 13.8 Å². The quantitative estimate of drug-likeness (QED) is 0.311. The van der Waals surface area contributed by atoms with Gasteiger partial charge in [-0.2, -0.15) is 0 Å². The summed E-state index contributed by atoms with van der Waals surface area (Å²) < 4.78 is 4.82. The number of guanidine groups is 1. The van der Waals surface area contributed by atoms with Crippen LogP contribution in [0.15, 0.2) is 4.99 Å². The van der Waals surface area contributed by atoms with E-state index >= 15 is 0 Å². The lowest BCUT2D eigenvalue weighted by molar-refractivity contribution is -0.121. The second kappa shape index (κ2) is 8.96. The number of nitrogens with two attached hydrogens (primary N) is 1. The minimum absolute atomic E-state index is 0.00666. The number of methoxy groups -OCH3 is 1. The first-order chi connectivity index (χ1) is 7.56. The zero-order chi connectivity index (χ0) is 12.4. The molecule has 0 saturated heterocycles. The molecule has 0 aliphatic carbocycles. The number of nitrogens with one attached hydrogen (secondary N) is 2. The number of carbonyl (C=O) groups excluding carboxylic acids is 1. The normalized spacial score (nSPS) is 11.6. The predicted octanol–water partition coefficient (Wildman–Crippen LogP) is -0.548. The zero-order valence-corrected chi connectivity index (χ0v) is 10.2. The number of aliphatic imine (C=N–C) groups is 1. The van der Waals surface area contributed by atoms with Crippen molar-refractivity contribution in [2.45, 2.75) is 26.3 Å². The van der Waals surface area contributed by atoms with E-state index in [1.54, 1.807) is 7.11 Å². The molecule has 0 rings (SSSR count). The Kier molecular flexibility index (Phi) is 8.24. The molecule has 1 amide bonds. The summed E-state index contributed by atoms with van der Waals surface area (Å²) >= 11 is 0. The first-order valence-electron chi connectivity index (χ1n) is 5.38. The Morgan fingerprint density at radius 1 is 1.50 bits per heavy atom. The number of amides is 1. The summed E-state index contributed by atoms with van der Waals surface area (Å²) in [5.74, 6) is 0.349. The number of nitrogens with zero attached hydrogens (tertiary/aromatic N) is 1. The van der Waals surface area contributed by atoms with Crippen LogP contribution in [-0.4, -0.2) is 44.7 Å². The van der Waals surface area contributed by atoms with Gasteiger partial charge in [0.15, 0.2) is 5.96 Å². The average molecular weight is 230 g/mol. The van der Waals surface area contributed by atoms with Crippen molar-refractivity contribution in [3.05, 3.63) is 0 Å². The third kappa shape index (κ3) is 9.26. The van der Waals surface area contributed by atoms with Gasteiger partial charge in [-0.15, -0.1) is 0 Å². The van der Waals surface area contributed by atoms with Crippen LogP contribution < -0.4 is 16.4 Å². The third-order valence-electron chi connectivity index (χ3n) is 1.69. The summed E-state index contributed by atoms with van der Waals surface area (Å²) in [5.41, 5.74) is 5.55. The summed E-state index contributed by atoms with van der Waals surface area (Å²) in [6.45, 7) is 5.39. The standard InChI is InChI=1S/C10H22N4O2/c1-8(2)14-9(15)4-5-12-10(11)13-6-7-16-3/h8H,4-7H2,1-3H3,(H,14,15)(H3,11,12,13). The van der Waals surface area contributed by atoms with Gasteiger partial charge in [-0.3, -0.25) is 9.79 Å². The highest BCUT2D eigenvalue weighted by Crippen LogP contribution is 1.82. The number of ether oxygens (including phenoxy) is 1. The van der Waals surface area contributed by atoms with Crippen molar-refractivity contribution in [1.29, 1.82) is 0 Å². The molecule has 0 radical (unpaired) electrons. The summed E-state index contributed by atoms with van der Waals surface area (Å²) in [5, 5.41) is 5.65. The zero-order valence-electron chi connectivity index (χ0n) is 10.2. The highest BCUT2D eigenvalue weighted by molar-refractivity contribution is 5.80. The molecule has 94 valence electrons. The van der Waals surface area contributed by atoms with Crippen molar-refractivity contribution in [2.75, 3.05) is 26.8 Å². The molecule has 6 nitrogen and oxygen atoms in total. The summed E-state index contributed by atoms with van der Waals surface area (Å²) in [6, 6.07) is 0.167. The van der Waals surface area contributed by atoms with Crippen molar-refractivity contribution in [3.8, 4) is 0 Å². The van der Waals surface area contributed by atoms with E-state index in [0.717, 1.165) is 0 Å². The minimum Gasteiger partial charge on any atom is -0.383 e. The lowest BCUT2D eigenvalue weighted by Gasteiger charge is -2.09. The number of rotatable bonds is 7. The molecule has 0 aromatic carbocycles. The van der Waals surface area contributed by atoms with Crippen molar-refractivity contribution < 1.29 is 9.53 Å². The van der Waals surface area contributed by atoms with Crippen LogP contribution >= 0.6 is 0 Å². The van der Waals surface area contributed by atoms with E-state index in [2.05, 4.69) is 15.6 Å². The van der Waals surface area contributed by atoms with Crippen molar-refractivity contribution in [3.63, 3.8) is 0 Å². The van der Waals surface area contributed by atoms with E-state index in [9.17, 15) is 4.79 Å². The largest absolute Gasteiger partial charge is 0.383 e. The Morgan fingerprint density at radius 2 is 2.19 bits per heavy atom. The van der Waals surface area contributed by atoms with Crippen molar-refractivity contribution >= 4 is 11.9 Å². The van der Waals surface area contributed by atoms with Crippen molar-refractivity contribution in [1.82, 2.24) is 10.6 Å². The molecule has 6 heteroatoms. The van der Waals surface area contributed by atoms with Crippen LogP contribution in [0.4, 0.5) is 0 Å². The van der Waals surface area contributed by atoms with Gasteiger partial charge in [-0.1, -0.05) is 0 Å². The third-order valence-corrected chi connectivity index (χ3v) is 1.69. The Bertz CT molecular complexity index is 229. The molecular weight excluding hydrogens is 208 g/mol. The van der Waals surface area contributed by atoms with Gasteiger partial charge in [0.25, 0.3) is 0 Å². The van der Waals surface area contributed by atoms with Gasteiger partial charge < -0.3 is 21.1 Å². The van der Waals surface area contributed by atoms with Crippen LogP contribution in [0.3, 0.4) is 0 Å². The Hall–Kier alpha value is -1.30. The molecule has 0 aliphatic rings. The summed E-state index contributed by atoms with van der Waals surface area (Å²) in [7, 11) is 1.61. The topological polar surface area (TPSA) is 88.7 Å². The second-order valence-corrected chi connectivity index (χ2v) is 3.66. The van der Waals surface area contributed by atoms with Gasteiger partial charge in [0.2, 0.25) is 5.91 Å². The molecule has 16 heavy (non-hydrogen) atoms. The molecule has 0 atom stereocenters. The Labute approximate surface area is 96.6 Å². The molecule has 0 spiro atoms. The minimum atomic E-state index is 0.00666. The second-order valence-electron chi connectivity index (χ2n) is 3.66. The van der Waals surface area contributed by atoms with Crippen LogP contribution in [0.2, 0.25) is 0 Å². The molecule has 0 heterocycles. The SMILES string of the molecule is COCCN=C(N)NCCC(=O)NC(C)C. The van der Waals surface area contributed by atoms with Crippen molar-refractivity contribution in [2.24, 2.45) is 10.7 Å². The van der Waals surface area contributed by atoms with Gasteiger partial charge in [-0.05, 0) is 13.8 Å². The van der Waals surface area contributed by atoms with E-state index in [1.165, 1.54) is 0 Å². The number of carbonyl (C=O) groups is 1. The molecule has 0 aromatic heterocycles. The molecule has 0 aliphatic heterocycles. The van der Waals surface area contributed by atoms with Gasteiger partial charge in [-0.25, -0.2) is 0 Å². The molecule has 0 saturated carbocycles. The lowest BCUT2D eigenvalue weighted by atomic mass is 10.3. The molecule has 0 unspecified atom stereocenters. The maximum Gasteiger partial charge on any atom is 0.221 e. The summed E-state index contributed by atoms with van der Waals surface area (Å²) in [6.07, 6.45) is 0.388. The molecule has 0 bridgehead atoms. The van der Waals surface area contributed by atoms with Crippen LogP contribution in [-0.2, 0) is 9.53 Å². The van der Waals surface area contributed by atoms with E-state index in [4.69, 9.17) is 10.5 Å². The fourth-order valence-electron chi connectivity index (χ4n) is 1.01. The highest BCUT2D eigenvalue weighted by Gasteiger charge is 2.02. The highest BCUT2D eigenvalue weighted by atomic mass is 16.5. The van der Waals surface area contributed by atoms with E-state index in [-0.39, 0.29) is 11.9 Å². The van der Waals surface area contributed by atoms with Crippen LogP contribution in [0.5, 0.6) is 0 Å². The van der Waals surface area contributed by atoms with Crippen LogP contribution in [0.25, 0.3) is 0 Å². The van der Waals surface area contributed by atoms with Gasteiger partial charge in [0.1, 0.15) is 0 Å². The smallest absolute Gasteiger partial charge is 0.221 e. The average Bonchev–Trinajstić information content (AvgIpc) is 2.17. The van der Waals surface area contributed by atoms with Gasteiger partial charge in [0.05, 0.1) is 13.2 Å². The first kappa shape index (κ1) is 14.7. The number of hydrogen-bond acceptors (Lipinski definition) is 3. The maximum absolute atomic E-state index is 11.2. The first-order valence-corrected chi connectivity index (χ1v) is 5.38. The predicted molar refractivity (Wildman–Crippen MR) is 64.3 cm³/mol. The summed E-state index contributed by atoms with van der Waals surface area (Å²) in [4.78, 5) is 15.2. The van der Waals surface area contributed by atoms with Gasteiger partial charge >= 0.3 is 0 Å². The van der Waals surface area contributed by atoms with E-state index < -0.39 is 0 Å². The number of hydrogen-bond donors (Lipinski definition) is 3. The fraction of sp³-hybridized carbons (Fsp3) is 0.800. The van der Waals surface area contributed by atoms with E-state index in [0.29, 0.717) is 32.1 Å². The van der Waals surface area contributed by atoms with Crippen LogP contribution in [0.1, 0.15) is 20.3 Å². The molecular formula is C10H22N4O2. The maximum atomic E-state index is 11.2.